The van der Waals surface area contributed by atoms with Gasteiger partial charge in [0.2, 0.25) is 0 Å². The van der Waals surface area contributed by atoms with E-state index in [1.54, 1.807) is 0 Å². The van der Waals surface area contributed by atoms with Crippen LogP contribution >= 0.6 is 0 Å². The molecular weight excluding hydrogens is 272 g/mol. The molecule has 0 aliphatic heterocycles. The van der Waals surface area contributed by atoms with Gasteiger partial charge in [0.15, 0.2) is 0 Å². The number of nitrogens with one attached hydrogen (secondary N) is 2. The normalized spacial score (nSPS) is 26.3. The maximum absolute atomic E-state index is 12.2. The standard InChI is InChI=1S/C19H22N2O/c22-19(20-12-16-11-13-8-9-15(16)10-13)21-18-7-3-5-14-4-1-2-6-17(14)18/h1-7,13,15-16H,8-12H2,(H2,20,21,22)/t13-,15-,16-/m0/s1. The van der Waals surface area contributed by atoms with Crippen LogP contribution in [0, 0.1) is 17.8 Å². The Kier molecular flexibility index (Phi) is 3.49. The number of carbonyl (C=O) groups excluding carboxylic acids is 1. The average molecular weight is 294 g/mol. The van der Waals surface area contributed by atoms with Crippen molar-refractivity contribution in [1.82, 2.24) is 5.32 Å². The second kappa shape index (κ2) is 5.64. The van der Waals surface area contributed by atoms with E-state index in [1.165, 1.54) is 25.7 Å². The summed E-state index contributed by atoms with van der Waals surface area (Å²) in [5, 5.41) is 8.31. The molecule has 0 unspecified atom stereocenters. The predicted octanol–water partition coefficient (Wildman–Crippen LogP) is 4.40. The molecule has 2 aromatic carbocycles. The number of carbonyl (C=O) groups is 1. The Morgan fingerprint density at radius 3 is 2.73 bits per heavy atom. The van der Waals surface area contributed by atoms with Crippen LogP contribution in [-0.4, -0.2) is 12.6 Å². The summed E-state index contributed by atoms with van der Waals surface area (Å²) in [7, 11) is 0. The van der Waals surface area contributed by atoms with Gasteiger partial charge in [-0.05, 0) is 48.5 Å². The Hall–Kier alpha value is -2.03. The molecule has 4 rings (SSSR count). The minimum Gasteiger partial charge on any atom is -0.338 e. The highest BCUT2D eigenvalue weighted by atomic mass is 16.2. The van der Waals surface area contributed by atoms with Crippen LogP contribution in [0.5, 0.6) is 0 Å². The lowest BCUT2D eigenvalue weighted by Gasteiger charge is -2.22. The van der Waals surface area contributed by atoms with E-state index >= 15 is 0 Å². The van der Waals surface area contributed by atoms with Crippen molar-refractivity contribution in [2.45, 2.75) is 25.7 Å². The van der Waals surface area contributed by atoms with E-state index in [4.69, 9.17) is 0 Å². The molecule has 0 spiro atoms. The maximum atomic E-state index is 12.2. The number of urea groups is 1. The fourth-order valence-corrected chi connectivity index (χ4v) is 4.35. The summed E-state index contributed by atoms with van der Waals surface area (Å²) in [5.74, 6) is 2.47. The average Bonchev–Trinajstić information content (AvgIpc) is 3.16. The first-order valence-corrected chi connectivity index (χ1v) is 8.32. The zero-order chi connectivity index (χ0) is 14.9. The highest BCUT2D eigenvalue weighted by Gasteiger charge is 2.39. The van der Waals surface area contributed by atoms with Gasteiger partial charge in [0, 0.05) is 11.9 Å². The first kappa shape index (κ1) is 13.6. The van der Waals surface area contributed by atoms with E-state index in [2.05, 4.69) is 22.8 Å². The topological polar surface area (TPSA) is 41.1 Å². The van der Waals surface area contributed by atoms with Gasteiger partial charge in [-0.1, -0.05) is 42.8 Å². The van der Waals surface area contributed by atoms with Crippen molar-refractivity contribution in [2.24, 2.45) is 17.8 Å². The van der Waals surface area contributed by atoms with Gasteiger partial charge in [-0.15, -0.1) is 0 Å². The molecule has 22 heavy (non-hydrogen) atoms. The Labute approximate surface area is 131 Å². The fourth-order valence-electron chi connectivity index (χ4n) is 4.35. The predicted molar refractivity (Wildman–Crippen MR) is 89.9 cm³/mol. The lowest BCUT2D eigenvalue weighted by molar-refractivity contribution is 0.245. The zero-order valence-electron chi connectivity index (χ0n) is 12.7. The van der Waals surface area contributed by atoms with Crippen LogP contribution in [0.25, 0.3) is 10.8 Å². The summed E-state index contributed by atoms with van der Waals surface area (Å²) >= 11 is 0. The summed E-state index contributed by atoms with van der Waals surface area (Å²) in [4.78, 5) is 12.2. The smallest absolute Gasteiger partial charge is 0.319 e. The van der Waals surface area contributed by atoms with Crippen LogP contribution in [-0.2, 0) is 0 Å². The summed E-state index contributed by atoms with van der Waals surface area (Å²) in [6.45, 7) is 0.817. The van der Waals surface area contributed by atoms with E-state index in [9.17, 15) is 4.79 Å². The molecule has 2 saturated carbocycles. The quantitative estimate of drug-likeness (QED) is 0.865. The number of rotatable bonds is 3. The van der Waals surface area contributed by atoms with Gasteiger partial charge in [0.05, 0.1) is 5.69 Å². The van der Waals surface area contributed by atoms with Gasteiger partial charge in [-0.3, -0.25) is 0 Å². The molecule has 2 aliphatic rings. The third-order valence-electron chi connectivity index (χ3n) is 5.45. The summed E-state index contributed by atoms with van der Waals surface area (Å²) in [5.41, 5.74) is 0.878. The van der Waals surface area contributed by atoms with E-state index < -0.39 is 0 Å². The molecule has 2 fully saturated rings. The molecule has 3 heteroatoms. The minimum atomic E-state index is -0.0841. The molecule has 114 valence electrons. The van der Waals surface area contributed by atoms with Crippen LogP contribution in [0.15, 0.2) is 42.5 Å². The number of anilines is 1. The fraction of sp³-hybridized carbons (Fsp3) is 0.421. The molecule has 3 atom stereocenters. The van der Waals surface area contributed by atoms with Crippen molar-refractivity contribution in [3.8, 4) is 0 Å². The maximum Gasteiger partial charge on any atom is 0.319 e. The third kappa shape index (κ3) is 2.56. The molecule has 2 amide bonds. The summed E-state index contributed by atoms with van der Waals surface area (Å²) < 4.78 is 0. The van der Waals surface area contributed by atoms with Crippen molar-refractivity contribution in [2.75, 3.05) is 11.9 Å². The highest BCUT2D eigenvalue weighted by molar-refractivity contribution is 6.01. The number of fused-ring (bicyclic) bond motifs is 3. The Morgan fingerprint density at radius 2 is 1.91 bits per heavy atom. The molecule has 2 bridgehead atoms. The largest absolute Gasteiger partial charge is 0.338 e. The van der Waals surface area contributed by atoms with Gasteiger partial charge < -0.3 is 10.6 Å². The molecule has 0 aromatic heterocycles. The molecule has 0 heterocycles. The third-order valence-corrected chi connectivity index (χ3v) is 5.45. The highest BCUT2D eigenvalue weighted by Crippen LogP contribution is 2.47. The second-order valence-corrected chi connectivity index (χ2v) is 6.80. The van der Waals surface area contributed by atoms with Crippen molar-refractivity contribution >= 4 is 22.5 Å². The van der Waals surface area contributed by atoms with Crippen LogP contribution in [0.2, 0.25) is 0 Å². The van der Waals surface area contributed by atoms with Gasteiger partial charge in [0.1, 0.15) is 0 Å². The van der Waals surface area contributed by atoms with Crippen LogP contribution in [0.1, 0.15) is 25.7 Å². The molecule has 0 radical (unpaired) electrons. The lowest BCUT2D eigenvalue weighted by atomic mass is 9.89. The SMILES string of the molecule is O=C(NC[C@@H]1C[C@H]2CC[C@H]1C2)Nc1cccc2ccccc12. The van der Waals surface area contributed by atoms with Gasteiger partial charge in [-0.2, -0.15) is 0 Å². The molecule has 2 aromatic rings. The Balaban J connectivity index is 1.39. The van der Waals surface area contributed by atoms with E-state index in [-0.39, 0.29) is 6.03 Å². The van der Waals surface area contributed by atoms with E-state index in [1.807, 2.05) is 30.3 Å². The van der Waals surface area contributed by atoms with Crippen molar-refractivity contribution < 1.29 is 4.79 Å². The van der Waals surface area contributed by atoms with Crippen LogP contribution in [0.3, 0.4) is 0 Å². The first-order valence-electron chi connectivity index (χ1n) is 8.32. The molecule has 3 nitrogen and oxygen atoms in total. The lowest BCUT2D eigenvalue weighted by Crippen LogP contribution is -2.34. The number of amides is 2. The molecule has 2 aliphatic carbocycles. The van der Waals surface area contributed by atoms with Gasteiger partial charge in [0.25, 0.3) is 0 Å². The van der Waals surface area contributed by atoms with Gasteiger partial charge in [-0.25, -0.2) is 4.79 Å². The van der Waals surface area contributed by atoms with Crippen LogP contribution in [0.4, 0.5) is 10.5 Å². The monoisotopic (exact) mass is 294 g/mol. The molecular formula is C19H22N2O. The minimum absolute atomic E-state index is 0.0841. The van der Waals surface area contributed by atoms with Crippen molar-refractivity contribution in [3.63, 3.8) is 0 Å². The van der Waals surface area contributed by atoms with Crippen LogP contribution < -0.4 is 10.6 Å². The zero-order valence-corrected chi connectivity index (χ0v) is 12.7. The first-order chi connectivity index (χ1) is 10.8. The van der Waals surface area contributed by atoms with Crippen molar-refractivity contribution in [1.29, 1.82) is 0 Å². The second-order valence-electron chi connectivity index (χ2n) is 6.80. The van der Waals surface area contributed by atoms with E-state index in [0.29, 0.717) is 5.92 Å². The van der Waals surface area contributed by atoms with E-state index in [0.717, 1.165) is 34.8 Å². The summed E-state index contributed by atoms with van der Waals surface area (Å²) in [6, 6.07) is 14.0. The molecule has 0 saturated heterocycles. The number of hydrogen-bond donors (Lipinski definition) is 2. The van der Waals surface area contributed by atoms with Gasteiger partial charge >= 0.3 is 6.03 Å². The number of hydrogen-bond acceptors (Lipinski definition) is 1. The van der Waals surface area contributed by atoms with Crippen molar-refractivity contribution in [3.05, 3.63) is 42.5 Å². The number of benzene rings is 2. The Bertz CT molecular complexity index is 691. The Morgan fingerprint density at radius 1 is 1.05 bits per heavy atom. The summed E-state index contributed by atoms with van der Waals surface area (Å²) in [6.07, 6.45) is 5.46. The molecule has 2 N–H and O–H groups in total.